The summed E-state index contributed by atoms with van der Waals surface area (Å²) < 4.78 is 0. The van der Waals surface area contributed by atoms with Gasteiger partial charge in [-0.1, -0.05) is 35.9 Å². The molecule has 1 aliphatic rings. The lowest BCUT2D eigenvalue weighted by atomic mass is 10.1. The Kier molecular flexibility index (Phi) is 2.78. The fourth-order valence-electron chi connectivity index (χ4n) is 1.57. The molecule has 1 aromatic carbocycles. The van der Waals surface area contributed by atoms with E-state index in [4.69, 9.17) is 10.6 Å². The van der Waals surface area contributed by atoms with Crippen molar-refractivity contribution in [3.8, 4) is 0 Å². The summed E-state index contributed by atoms with van der Waals surface area (Å²) in [5.41, 5.74) is 9.53. The average Bonchev–Trinajstić information content (AvgIpc) is 2.66. The molecule has 0 saturated carbocycles. The minimum atomic E-state index is 0.299. The summed E-state index contributed by atoms with van der Waals surface area (Å²) in [5.74, 6) is 0.398. The Labute approximate surface area is 89.2 Å². The molecule has 80 valence electrons. The number of benzene rings is 1. The topological polar surface area (TPSA) is 50.5 Å². The molecule has 1 aromatic rings. The third-order valence-electron chi connectivity index (χ3n) is 2.38. The summed E-state index contributed by atoms with van der Waals surface area (Å²) >= 11 is 0. The number of nitrogens with two attached hydrogens (primary N) is 1. The molecule has 0 radical (unpaired) electrons. The number of nitrogens with zero attached hydrogens (tertiary/aromatic N) is 1. The van der Waals surface area contributed by atoms with E-state index in [2.05, 4.69) is 24.6 Å². The van der Waals surface area contributed by atoms with Crippen molar-refractivity contribution in [2.45, 2.75) is 19.4 Å². The molecule has 0 aromatic heterocycles. The first-order valence-electron chi connectivity index (χ1n) is 4.98. The predicted octanol–water partition coefficient (Wildman–Crippen LogP) is 1.13. The molecule has 1 heterocycles. The normalized spacial score (nSPS) is 17.1. The summed E-state index contributed by atoms with van der Waals surface area (Å²) in [7, 11) is 0. The van der Waals surface area contributed by atoms with Gasteiger partial charge in [-0.2, -0.15) is 0 Å². The van der Waals surface area contributed by atoms with Gasteiger partial charge in [0.05, 0.1) is 6.20 Å². The summed E-state index contributed by atoms with van der Waals surface area (Å²) in [6, 6.07) is 10.6. The molecule has 0 bridgehead atoms. The Bertz CT molecular complexity index is 350. The number of rotatable bonds is 3. The van der Waals surface area contributed by atoms with Gasteiger partial charge in [0.1, 0.15) is 0 Å². The van der Waals surface area contributed by atoms with E-state index in [9.17, 15) is 0 Å². The van der Waals surface area contributed by atoms with Crippen LogP contribution in [0.5, 0.6) is 0 Å². The minimum absolute atomic E-state index is 0.299. The van der Waals surface area contributed by atoms with Crippen LogP contribution in [0.25, 0.3) is 0 Å². The molecule has 15 heavy (non-hydrogen) atoms. The molecular formula is C11H15N3O. The molecule has 0 aliphatic carbocycles. The monoisotopic (exact) mass is 205 g/mol. The standard InChI is InChI=1S/C11H15N3O/c1-9(14-8-11(12)15-13-14)7-10-5-3-2-4-6-10/h2-6,8-9,13H,7,12H2,1H3/t9-/m0/s1. The molecular weight excluding hydrogens is 190 g/mol. The van der Waals surface area contributed by atoms with Crippen LogP contribution in [0.2, 0.25) is 0 Å². The van der Waals surface area contributed by atoms with Gasteiger partial charge in [-0.25, -0.2) is 0 Å². The zero-order valence-electron chi connectivity index (χ0n) is 8.68. The fourth-order valence-corrected chi connectivity index (χ4v) is 1.57. The maximum atomic E-state index is 5.49. The van der Waals surface area contributed by atoms with Crippen LogP contribution in [0, 0.1) is 0 Å². The highest BCUT2D eigenvalue weighted by Crippen LogP contribution is 2.11. The minimum Gasteiger partial charge on any atom is -0.370 e. The van der Waals surface area contributed by atoms with Gasteiger partial charge in [-0.05, 0) is 18.9 Å². The first-order chi connectivity index (χ1) is 7.25. The van der Waals surface area contributed by atoms with Crippen molar-refractivity contribution in [2.75, 3.05) is 0 Å². The van der Waals surface area contributed by atoms with E-state index < -0.39 is 0 Å². The van der Waals surface area contributed by atoms with Crippen molar-refractivity contribution in [1.82, 2.24) is 10.6 Å². The van der Waals surface area contributed by atoms with Crippen LogP contribution in [0.1, 0.15) is 12.5 Å². The van der Waals surface area contributed by atoms with Gasteiger partial charge < -0.3 is 10.6 Å². The van der Waals surface area contributed by atoms with Crippen LogP contribution in [0.15, 0.2) is 42.4 Å². The summed E-state index contributed by atoms with van der Waals surface area (Å²) in [4.78, 5) is 4.94. The largest absolute Gasteiger partial charge is 0.370 e. The Morgan fingerprint density at radius 3 is 2.73 bits per heavy atom. The SMILES string of the molecule is C[C@@H](Cc1ccccc1)N1C=C(N)ON1. The number of hydrogen-bond acceptors (Lipinski definition) is 4. The van der Waals surface area contributed by atoms with Crippen molar-refractivity contribution >= 4 is 0 Å². The Morgan fingerprint density at radius 1 is 1.40 bits per heavy atom. The first kappa shape index (κ1) is 9.86. The van der Waals surface area contributed by atoms with Gasteiger partial charge in [0.15, 0.2) is 0 Å². The molecule has 4 nitrogen and oxygen atoms in total. The molecule has 0 fully saturated rings. The maximum absolute atomic E-state index is 5.49. The van der Waals surface area contributed by atoms with Gasteiger partial charge in [-0.3, -0.25) is 5.01 Å². The highest BCUT2D eigenvalue weighted by atomic mass is 16.7. The van der Waals surface area contributed by atoms with Gasteiger partial charge in [0.25, 0.3) is 0 Å². The van der Waals surface area contributed by atoms with E-state index >= 15 is 0 Å². The number of hydrazine groups is 1. The fraction of sp³-hybridized carbons (Fsp3) is 0.273. The number of nitrogens with one attached hydrogen (secondary N) is 1. The van der Waals surface area contributed by atoms with E-state index in [0.717, 1.165) is 6.42 Å². The van der Waals surface area contributed by atoms with Crippen LogP contribution >= 0.6 is 0 Å². The van der Waals surface area contributed by atoms with E-state index in [1.807, 2.05) is 23.2 Å². The van der Waals surface area contributed by atoms with E-state index in [-0.39, 0.29) is 0 Å². The third-order valence-corrected chi connectivity index (χ3v) is 2.38. The van der Waals surface area contributed by atoms with Crippen LogP contribution in [0.3, 0.4) is 0 Å². The van der Waals surface area contributed by atoms with Gasteiger partial charge in [-0.15, -0.1) is 0 Å². The van der Waals surface area contributed by atoms with Crippen LogP contribution in [0.4, 0.5) is 0 Å². The summed E-state index contributed by atoms with van der Waals surface area (Å²) in [5, 5.41) is 1.86. The lowest BCUT2D eigenvalue weighted by Gasteiger charge is -2.21. The van der Waals surface area contributed by atoms with Crippen LogP contribution in [-0.2, 0) is 11.3 Å². The quantitative estimate of drug-likeness (QED) is 0.776. The van der Waals surface area contributed by atoms with E-state index in [1.165, 1.54) is 5.56 Å². The molecule has 1 aliphatic heterocycles. The second kappa shape index (κ2) is 4.23. The first-order valence-corrected chi connectivity index (χ1v) is 4.98. The molecule has 0 unspecified atom stereocenters. The van der Waals surface area contributed by atoms with Crippen molar-refractivity contribution in [1.29, 1.82) is 0 Å². The summed E-state index contributed by atoms with van der Waals surface area (Å²) in [6.07, 6.45) is 2.70. The molecule has 3 N–H and O–H groups in total. The van der Waals surface area contributed by atoms with Gasteiger partial charge in [0, 0.05) is 6.04 Å². The second-order valence-electron chi connectivity index (χ2n) is 3.67. The average molecular weight is 205 g/mol. The molecule has 2 rings (SSSR count). The van der Waals surface area contributed by atoms with Gasteiger partial charge >= 0.3 is 0 Å². The molecule has 0 amide bonds. The number of hydrogen-bond donors (Lipinski definition) is 2. The lowest BCUT2D eigenvalue weighted by molar-refractivity contribution is 0.00182. The van der Waals surface area contributed by atoms with Crippen molar-refractivity contribution in [2.24, 2.45) is 5.73 Å². The molecule has 0 spiro atoms. The smallest absolute Gasteiger partial charge is 0.229 e. The maximum Gasteiger partial charge on any atom is 0.229 e. The van der Waals surface area contributed by atoms with E-state index in [0.29, 0.717) is 11.9 Å². The van der Waals surface area contributed by atoms with Crippen LogP contribution in [-0.4, -0.2) is 11.1 Å². The van der Waals surface area contributed by atoms with E-state index in [1.54, 1.807) is 6.20 Å². The van der Waals surface area contributed by atoms with Crippen molar-refractivity contribution < 1.29 is 4.84 Å². The lowest BCUT2D eigenvalue weighted by Crippen LogP contribution is -2.37. The highest BCUT2D eigenvalue weighted by Gasteiger charge is 2.17. The molecule has 0 saturated heterocycles. The third kappa shape index (κ3) is 2.41. The zero-order chi connectivity index (χ0) is 10.7. The highest BCUT2D eigenvalue weighted by molar-refractivity contribution is 5.16. The Morgan fingerprint density at radius 2 is 2.13 bits per heavy atom. The predicted molar refractivity (Wildman–Crippen MR) is 57.9 cm³/mol. The molecule has 4 heteroatoms. The van der Waals surface area contributed by atoms with Gasteiger partial charge in [0.2, 0.25) is 5.88 Å². The van der Waals surface area contributed by atoms with Crippen molar-refractivity contribution in [3.63, 3.8) is 0 Å². The summed E-state index contributed by atoms with van der Waals surface area (Å²) in [6.45, 7) is 2.11. The second-order valence-corrected chi connectivity index (χ2v) is 3.67. The Balaban J connectivity index is 1.96. The van der Waals surface area contributed by atoms with Crippen LogP contribution < -0.4 is 11.3 Å². The van der Waals surface area contributed by atoms with Crippen molar-refractivity contribution in [3.05, 3.63) is 48.0 Å². The zero-order valence-corrected chi connectivity index (χ0v) is 8.68. The molecule has 1 atom stereocenters. The Hall–Kier alpha value is -1.68.